The fourth-order valence-electron chi connectivity index (χ4n) is 5.38. The third-order valence-corrected chi connectivity index (χ3v) is 7.27. The van der Waals surface area contributed by atoms with E-state index in [2.05, 4.69) is 0 Å². The third-order valence-electron chi connectivity index (χ3n) is 7.27. The van der Waals surface area contributed by atoms with Crippen molar-refractivity contribution in [1.29, 1.82) is 0 Å². The van der Waals surface area contributed by atoms with E-state index < -0.39 is 11.9 Å². The molecule has 7 nitrogen and oxygen atoms in total. The number of anilines is 2. The maximum atomic E-state index is 12.9. The van der Waals surface area contributed by atoms with Crippen molar-refractivity contribution >= 4 is 35.1 Å². The van der Waals surface area contributed by atoms with Crippen LogP contribution in [0.2, 0.25) is 0 Å². The zero-order chi connectivity index (χ0) is 24.0. The number of hydrogen-bond donors (Lipinski definition) is 0. The third kappa shape index (κ3) is 3.89. The Bertz CT molecular complexity index is 1150. The maximum Gasteiger partial charge on any atom is 0.316 e. The van der Waals surface area contributed by atoms with Gasteiger partial charge in [-0.05, 0) is 62.6 Å². The van der Waals surface area contributed by atoms with Crippen LogP contribution in [0.5, 0.6) is 5.75 Å². The van der Waals surface area contributed by atoms with Crippen molar-refractivity contribution in [3.63, 3.8) is 0 Å². The molecule has 0 unspecified atom stereocenters. The van der Waals surface area contributed by atoms with E-state index in [-0.39, 0.29) is 42.5 Å². The molecule has 3 atom stereocenters. The fourth-order valence-corrected chi connectivity index (χ4v) is 5.38. The molecule has 176 valence electrons. The quantitative estimate of drug-likeness (QED) is 0.392. The van der Waals surface area contributed by atoms with Gasteiger partial charge in [-0.3, -0.25) is 19.2 Å². The van der Waals surface area contributed by atoms with Gasteiger partial charge in [0.1, 0.15) is 5.75 Å². The first-order valence-corrected chi connectivity index (χ1v) is 11.9. The number of rotatable bonds is 4. The number of aryl methyl sites for hydroxylation is 2. The molecule has 3 amide bonds. The highest BCUT2D eigenvalue weighted by atomic mass is 16.5. The van der Waals surface area contributed by atoms with Crippen LogP contribution in [0.3, 0.4) is 0 Å². The molecular formula is C27H28N2O5. The second kappa shape index (κ2) is 8.70. The number of ether oxygens (including phenoxy) is 1. The van der Waals surface area contributed by atoms with Crippen LogP contribution in [-0.4, -0.2) is 30.2 Å². The summed E-state index contributed by atoms with van der Waals surface area (Å²) in [5, 5.41) is 0. The van der Waals surface area contributed by atoms with Crippen LogP contribution in [0.4, 0.5) is 11.4 Å². The Morgan fingerprint density at radius 2 is 1.56 bits per heavy atom. The molecule has 2 aromatic carbocycles. The highest BCUT2D eigenvalue weighted by molar-refractivity contribution is 6.22. The minimum atomic E-state index is -0.557. The summed E-state index contributed by atoms with van der Waals surface area (Å²) in [7, 11) is 0. The Labute approximate surface area is 198 Å². The average molecular weight is 461 g/mol. The largest absolute Gasteiger partial charge is 0.426 e. The van der Waals surface area contributed by atoms with Crippen molar-refractivity contribution in [2.24, 2.45) is 17.8 Å². The summed E-state index contributed by atoms with van der Waals surface area (Å²) in [6.07, 6.45) is 3.59. The molecule has 2 aliphatic heterocycles. The van der Waals surface area contributed by atoms with Crippen molar-refractivity contribution in [1.82, 2.24) is 0 Å². The smallest absolute Gasteiger partial charge is 0.316 e. The molecule has 2 heterocycles. The number of fused-ring (bicyclic) bond motifs is 1. The molecule has 3 aliphatic rings. The number of benzene rings is 2. The monoisotopic (exact) mass is 460 g/mol. The van der Waals surface area contributed by atoms with E-state index in [4.69, 9.17) is 4.74 Å². The molecule has 0 radical (unpaired) electrons. The van der Waals surface area contributed by atoms with Crippen LogP contribution >= 0.6 is 0 Å². The van der Waals surface area contributed by atoms with E-state index >= 15 is 0 Å². The lowest BCUT2D eigenvalue weighted by molar-refractivity contribution is -0.139. The highest BCUT2D eigenvalue weighted by Gasteiger charge is 2.49. The van der Waals surface area contributed by atoms with Gasteiger partial charge in [0.15, 0.2) is 0 Å². The highest BCUT2D eigenvalue weighted by Crippen LogP contribution is 2.41. The van der Waals surface area contributed by atoms with Crippen LogP contribution in [0, 0.1) is 31.6 Å². The van der Waals surface area contributed by atoms with Crippen molar-refractivity contribution in [3.8, 4) is 5.75 Å². The first-order chi connectivity index (χ1) is 16.3. The topological polar surface area (TPSA) is 84.0 Å². The van der Waals surface area contributed by atoms with Gasteiger partial charge in [0.25, 0.3) is 0 Å². The SMILES string of the molecule is Cc1ccc(N2C[C@@H](C(=O)Oc3ccc(N4C(=O)[C@H]5CCCC[C@@H]5C4=O)c(C)c3)CC2=O)cc1. The van der Waals surface area contributed by atoms with E-state index in [1.807, 2.05) is 31.2 Å². The molecule has 0 aromatic heterocycles. The number of imide groups is 1. The number of amides is 3. The second-order valence-electron chi connectivity index (χ2n) is 9.62. The second-order valence-corrected chi connectivity index (χ2v) is 9.62. The standard InChI is InChI=1S/C27H28N2O5/c1-16-7-9-19(10-8-16)28-15-18(14-24(28)30)27(33)34-20-11-12-23(17(2)13-20)29-25(31)21-5-3-4-6-22(21)26(29)32/h7-13,18,21-22H,3-6,14-15H2,1-2H3/t18-,21-,22-/m0/s1. The number of carbonyl (C=O) groups is 4. The van der Waals surface area contributed by atoms with E-state index in [0.29, 0.717) is 17.0 Å². The van der Waals surface area contributed by atoms with Crippen LogP contribution in [0.15, 0.2) is 42.5 Å². The minimum Gasteiger partial charge on any atom is -0.426 e. The molecular weight excluding hydrogens is 432 g/mol. The fraction of sp³-hybridized carbons (Fsp3) is 0.407. The van der Waals surface area contributed by atoms with E-state index in [1.54, 1.807) is 30.0 Å². The van der Waals surface area contributed by atoms with Gasteiger partial charge >= 0.3 is 5.97 Å². The molecule has 3 fully saturated rings. The normalized spacial score (nSPS) is 24.5. The Balaban J connectivity index is 1.28. The lowest BCUT2D eigenvalue weighted by Crippen LogP contribution is -2.31. The predicted octanol–water partition coefficient (Wildman–Crippen LogP) is 3.94. The zero-order valence-electron chi connectivity index (χ0n) is 19.5. The van der Waals surface area contributed by atoms with Crippen LogP contribution in [0.25, 0.3) is 0 Å². The Morgan fingerprint density at radius 3 is 2.18 bits per heavy atom. The van der Waals surface area contributed by atoms with Crippen LogP contribution in [-0.2, 0) is 19.2 Å². The first kappa shape index (κ1) is 22.3. The maximum absolute atomic E-state index is 12.9. The average Bonchev–Trinajstić information content (AvgIpc) is 3.33. The van der Waals surface area contributed by atoms with Crippen LogP contribution in [0.1, 0.15) is 43.2 Å². The van der Waals surface area contributed by atoms with Crippen molar-refractivity contribution in [2.45, 2.75) is 46.0 Å². The molecule has 1 saturated carbocycles. The summed E-state index contributed by atoms with van der Waals surface area (Å²) in [6.45, 7) is 4.05. The van der Waals surface area contributed by atoms with Gasteiger partial charge in [-0.15, -0.1) is 0 Å². The lowest BCUT2D eigenvalue weighted by Gasteiger charge is -2.19. The summed E-state index contributed by atoms with van der Waals surface area (Å²) in [4.78, 5) is 54.1. The summed E-state index contributed by atoms with van der Waals surface area (Å²) in [6, 6.07) is 12.6. The number of nitrogens with zero attached hydrogens (tertiary/aromatic N) is 2. The molecule has 0 bridgehead atoms. The lowest BCUT2D eigenvalue weighted by atomic mass is 9.81. The van der Waals surface area contributed by atoms with Gasteiger partial charge in [-0.25, -0.2) is 4.90 Å². The molecule has 1 aliphatic carbocycles. The molecule has 2 aromatic rings. The van der Waals surface area contributed by atoms with Gasteiger partial charge in [-0.2, -0.15) is 0 Å². The van der Waals surface area contributed by atoms with E-state index in [0.717, 1.165) is 36.9 Å². The van der Waals surface area contributed by atoms with Crippen molar-refractivity contribution < 1.29 is 23.9 Å². The van der Waals surface area contributed by atoms with Crippen molar-refractivity contribution in [2.75, 3.05) is 16.3 Å². The van der Waals surface area contributed by atoms with Gasteiger partial charge in [0, 0.05) is 18.7 Å². The zero-order valence-corrected chi connectivity index (χ0v) is 19.5. The Hall–Kier alpha value is -3.48. The summed E-state index contributed by atoms with van der Waals surface area (Å²) >= 11 is 0. The Kier molecular flexibility index (Phi) is 5.71. The van der Waals surface area contributed by atoms with Gasteiger partial charge in [0.2, 0.25) is 17.7 Å². The van der Waals surface area contributed by atoms with Gasteiger partial charge in [0.05, 0.1) is 23.4 Å². The van der Waals surface area contributed by atoms with Gasteiger partial charge < -0.3 is 9.64 Å². The summed E-state index contributed by atoms with van der Waals surface area (Å²) in [5.74, 6) is -1.46. The molecule has 5 rings (SSSR count). The molecule has 34 heavy (non-hydrogen) atoms. The first-order valence-electron chi connectivity index (χ1n) is 11.9. The van der Waals surface area contributed by atoms with Gasteiger partial charge in [-0.1, -0.05) is 30.5 Å². The number of hydrogen-bond acceptors (Lipinski definition) is 5. The summed E-state index contributed by atoms with van der Waals surface area (Å²) in [5.41, 5.74) is 3.10. The predicted molar refractivity (Wildman–Crippen MR) is 126 cm³/mol. The number of carbonyl (C=O) groups excluding carboxylic acids is 4. The minimum absolute atomic E-state index is 0.101. The Morgan fingerprint density at radius 1 is 0.912 bits per heavy atom. The molecule has 7 heteroatoms. The van der Waals surface area contributed by atoms with E-state index in [1.165, 1.54) is 4.90 Å². The van der Waals surface area contributed by atoms with Crippen LogP contribution < -0.4 is 14.5 Å². The van der Waals surface area contributed by atoms with Crippen molar-refractivity contribution in [3.05, 3.63) is 53.6 Å². The summed E-state index contributed by atoms with van der Waals surface area (Å²) < 4.78 is 5.59. The molecule has 0 spiro atoms. The van der Waals surface area contributed by atoms with E-state index in [9.17, 15) is 19.2 Å². The molecule has 0 N–H and O–H groups in total. The molecule has 2 saturated heterocycles. The number of esters is 1.